The van der Waals surface area contributed by atoms with Gasteiger partial charge in [0.05, 0.1) is 23.1 Å². The molecule has 4 aromatic rings. The van der Waals surface area contributed by atoms with Crippen LogP contribution in [0.2, 0.25) is 0 Å². The Kier molecular flexibility index (Phi) is 3.12. The minimum Gasteiger partial charge on any atom is -0.353 e. The van der Waals surface area contributed by atoms with Gasteiger partial charge in [0, 0.05) is 23.3 Å². The van der Waals surface area contributed by atoms with Gasteiger partial charge in [-0.15, -0.1) is 0 Å². The summed E-state index contributed by atoms with van der Waals surface area (Å²) in [6.07, 6.45) is 4.75. The van der Waals surface area contributed by atoms with Crippen LogP contribution < -0.4 is 5.32 Å². The molecular weight excluding hydrogens is 290 g/mol. The predicted molar refractivity (Wildman–Crippen MR) is 88.1 cm³/mol. The third-order valence-electron chi connectivity index (χ3n) is 3.61. The Morgan fingerprint density at radius 1 is 1.09 bits per heavy atom. The van der Waals surface area contributed by atoms with Crippen LogP contribution in [-0.2, 0) is 0 Å². The second kappa shape index (κ2) is 5.42. The van der Waals surface area contributed by atoms with Crippen LogP contribution in [0.5, 0.6) is 0 Å². The SMILES string of the molecule is O=C(Nc1cn[nH]c1-c1cc2ccccc2[nH]1)c1cccnc1. The molecule has 4 rings (SSSR count). The first-order valence-electron chi connectivity index (χ1n) is 7.14. The molecule has 0 aliphatic heterocycles. The van der Waals surface area contributed by atoms with Gasteiger partial charge in [-0.2, -0.15) is 5.10 Å². The number of hydrogen-bond donors (Lipinski definition) is 3. The number of aromatic amines is 2. The number of pyridine rings is 1. The molecule has 1 amide bonds. The molecular formula is C17H13N5O. The number of fused-ring (bicyclic) bond motifs is 1. The van der Waals surface area contributed by atoms with Crippen molar-refractivity contribution in [3.05, 3.63) is 66.6 Å². The Hall–Kier alpha value is -3.41. The molecule has 3 N–H and O–H groups in total. The Morgan fingerprint density at radius 2 is 2.00 bits per heavy atom. The largest absolute Gasteiger partial charge is 0.353 e. The average Bonchev–Trinajstić information content (AvgIpc) is 3.21. The number of hydrogen-bond acceptors (Lipinski definition) is 3. The van der Waals surface area contributed by atoms with Crippen molar-refractivity contribution in [3.8, 4) is 11.4 Å². The van der Waals surface area contributed by atoms with Crippen LogP contribution in [0.25, 0.3) is 22.3 Å². The van der Waals surface area contributed by atoms with E-state index in [4.69, 9.17) is 0 Å². The summed E-state index contributed by atoms with van der Waals surface area (Å²) in [5, 5.41) is 10.9. The lowest BCUT2D eigenvalue weighted by atomic mass is 10.2. The minimum absolute atomic E-state index is 0.225. The highest BCUT2D eigenvalue weighted by atomic mass is 16.1. The van der Waals surface area contributed by atoms with Crippen molar-refractivity contribution in [2.45, 2.75) is 0 Å². The maximum atomic E-state index is 12.3. The Balaban J connectivity index is 1.67. The lowest BCUT2D eigenvalue weighted by molar-refractivity contribution is 0.102. The van der Waals surface area contributed by atoms with Gasteiger partial charge in [-0.3, -0.25) is 14.9 Å². The average molecular weight is 303 g/mol. The first-order valence-corrected chi connectivity index (χ1v) is 7.14. The fourth-order valence-corrected chi connectivity index (χ4v) is 2.49. The monoisotopic (exact) mass is 303 g/mol. The summed E-state index contributed by atoms with van der Waals surface area (Å²) < 4.78 is 0. The van der Waals surface area contributed by atoms with Crippen molar-refractivity contribution < 1.29 is 4.79 Å². The van der Waals surface area contributed by atoms with Crippen molar-refractivity contribution in [3.63, 3.8) is 0 Å². The molecule has 0 unspecified atom stereocenters. The third kappa shape index (κ3) is 2.46. The van der Waals surface area contributed by atoms with Gasteiger partial charge in [0.1, 0.15) is 5.69 Å². The second-order valence-electron chi connectivity index (χ2n) is 5.12. The van der Waals surface area contributed by atoms with E-state index in [1.54, 1.807) is 24.5 Å². The Labute approximate surface area is 131 Å². The number of anilines is 1. The van der Waals surface area contributed by atoms with E-state index in [9.17, 15) is 4.79 Å². The molecule has 0 fully saturated rings. The van der Waals surface area contributed by atoms with E-state index >= 15 is 0 Å². The van der Waals surface area contributed by atoms with Crippen molar-refractivity contribution in [1.29, 1.82) is 0 Å². The molecule has 0 spiro atoms. The molecule has 6 nitrogen and oxygen atoms in total. The highest BCUT2D eigenvalue weighted by molar-refractivity contribution is 6.05. The van der Waals surface area contributed by atoms with Gasteiger partial charge in [-0.25, -0.2) is 0 Å². The molecule has 0 saturated carbocycles. The number of H-pyrrole nitrogens is 2. The van der Waals surface area contributed by atoms with Gasteiger partial charge < -0.3 is 10.3 Å². The molecule has 0 saturated heterocycles. The van der Waals surface area contributed by atoms with Gasteiger partial charge in [0.2, 0.25) is 0 Å². The topological polar surface area (TPSA) is 86.5 Å². The number of rotatable bonds is 3. The van der Waals surface area contributed by atoms with E-state index in [1.807, 2.05) is 30.3 Å². The molecule has 0 atom stereocenters. The second-order valence-corrected chi connectivity index (χ2v) is 5.12. The molecule has 1 aromatic carbocycles. The smallest absolute Gasteiger partial charge is 0.257 e. The van der Waals surface area contributed by atoms with Gasteiger partial charge >= 0.3 is 0 Å². The lowest BCUT2D eigenvalue weighted by Gasteiger charge is -2.04. The number of amides is 1. The molecule has 3 heterocycles. The van der Waals surface area contributed by atoms with Gasteiger partial charge in [0.25, 0.3) is 5.91 Å². The molecule has 0 bridgehead atoms. The maximum Gasteiger partial charge on any atom is 0.257 e. The van der Waals surface area contributed by atoms with Crippen LogP contribution in [0.15, 0.2) is 61.1 Å². The van der Waals surface area contributed by atoms with E-state index in [-0.39, 0.29) is 5.91 Å². The zero-order valence-electron chi connectivity index (χ0n) is 12.1. The minimum atomic E-state index is -0.225. The van der Waals surface area contributed by atoms with Crippen molar-refractivity contribution >= 4 is 22.5 Å². The van der Waals surface area contributed by atoms with E-state index < -0.39 is 0 Å². The molecule has 112 valence electrons. The van der Waals surface area contributed by atoms with Gasteiger partial charge in [0.15, 0.2) is 0 Å². The van der Waals surface area contributed by atoms with Gasteiger partial charge in [-0.1, -0.05) is 18.2 Å². The number of carbonyl (C=O) groups excluding carboxylic acids is 1. The molecule has 23 heavy (non-hydrogen) atoms. The number of carbonyl (C=O) groups is 1. The third-order valence-corrected chi connectivity index (χ3v) is 3.61. The van der Waals surface area contributed by atoms with E-state index in [2.05, 4.69) is 25.5 Å². The van der Waals surface area contributed by atoms with Crippen molar-refractivity contribution in [2.75, 3.05) is 5.32 Å². The highest BCUT2D eigenvalue weighted by Gasteiger charge is 2.14. The Bertz CT molecular complexity index is 938. The van der Waals surface area contributed by atoms with Crippen molar-refractivity contribution in [2.24, 2.45) is 0 Å². The zero-order valence-corrected chi connectivity index (χ0v) is 12.1. The summed E-state index contributed by atoms with van der Waals surface area (Å²) >= 11 is 0. The first-order chi connectivity index (χ1) is 11.3. The van der Waals surface area contributed by atoms with Crippen LogP contribution in [-0.4, -0.2) is 26.1 Å². The van der Waals surface area contributed by atoms with Crippen LogP contribution in [0, 0.1) is 0 Å². The van der Waals surface area contributed by atoms with E-state index in [0.717, 1.165) is 22.3 Å². The molecule has 0 aliphatic rings. The zero-order chi connectivity index (χ0) is 15.6. The fraction of sp³-hybridized carbons (Fsp3) is 0. The molecule has 0 radical (unpaired) electrons. The van der Waals surface area contributed by atoms with Gasteiger partial charge in [-0.05, 0) is 24.3 Å². The summed E-state index contributed by atoms with van der Waals surface area (Å²) in [5.74, 6) is -0.225. The maximum absolute atomic E-state index is 12.3. The van der Waals surface area contributed by atoms with E-state index in [0.29, 0.717) is 11.3 Å². The number of benzene rings is 1. The standard InChI is InChI=1S/C17H13N5O/c23-17(12-5-3-7-18-9-12)21-15-10-19-22-16(15)14-8-11-4-1-2-6-13(11)20-14/h1-10,20H,(H,19,22)(H,21,23). The lowest BCUT2D eigenvalue weighted by Crippen LogP contribution is -2.12. The van der Waals surface area contributed by atoms with Crippen molar-refractivity contribution in [1.82, 2.24) is 20.2 Å². The molecule has 0 aliphatic carbocycles. The highest BCUT2D eigenvalue weighted by Crippen LogP contribution is 2.28. The van der Waals surface area contributed by atoms with E-state index in [1.165, 1.54) is 6.20 Å². The first kappa shape index (κ1) is 13.3. The fourth-order valence-electron chi connectivity index (χ4n) is 2.49. The normalized spacial score (nSPS) is 10.8. The van der Waals surface area contributed by atoms with Crippen LogP contribution in [0.1, 0.15) is 10.4 Å². The number of nitrogens with one attached hydrogen (secondary N) is 3. The number of aromatic nitrogens is 4. The molecule has 3 aromatic heterocycles. The summed E-state index contributed by atoms with van der Waals surface area (Å²) in [4.78, 5) is 19.5. The predicted octanol–water partition coefficient (Wildman–Crippen LogP) is 3.21. The summed E-state index contributed by atoms with van der Waals surface area (Å²) in [5.41, 5.74) is 3.74. The number of para-hydroxylation sites is 1. The molecule has 6 heteroatoms. The Morgan fingerprint density at radius 3 is 2.83 bits per heavy atom. The van der Waals surface area contributed by atoms with Crippen LogP contribution >= 0.6 is 0 Å². The summed E-state index contributed by atoms with van der Waals surface area (Å²) in [6.45, 7) is 0. The summed E-state index contributed by atoms with van der Waals surface area (Å²) in [7, 11) is 0. The summed E-state index contributed by atoms with van der Waals surface area (Å²) in [6, 6.07) is 13.4. The van der Waals surface area contributed by atoms with Crippen LogP contribution in [0.4, 0.5) is 5.69 Å². The number of nitrogens with zero attached hydrogens (tertiary/aromatic N) is 2. The van der Waals surface area contributed by atoms with Crippen LogP contribution in [0.3, 0.4) is 0 Å². The quantitative estimate of drug-likeness (QED) is 0.543.